The molecule has 3 nitrogen and oxygen atoms in total. The van der Waals surface area contributed by atoms with Crippen LogP contribution in [0.15, 0.2) is 24.5 Å². The molecule has 0 radical (unpaired) electrons. The molecule has 0 atom stereocenters. The molecule has 3 heteroatoms. The molecule has 4 saturated carbocycles. The lowest BCUT2D eigenvalue weighted by Gasteiger charge is -2.56. The van der Waals surface area contributed by atoms with E-state index in [-0.39, 0.29) is 11.4 Å². The number of rotatable bonds is 5. The van der Waals surface area contributed by atoms with Gasteiger partial charge in [-0.05, 0) is 68.3 Å². The first-order valence-electron chi connectivity index (χ1n) is 9.43. The number of carbonyl (C=O) groups is 1. The number of hydrogen-bond donors (Lipinski definition) is 1. The quantitative estimate of drug-likeness (QED) is 0.833. The van der Waals surface area contributed by atoms with Gasteiger partial charge in [0, 0.05) is 17.7 Å². The van der Waals surface area contributed by atoms with Gasteiger partial charge in [0.05, 0.1) is 0 Å². The Balaban J connectivity index is 1.38. The summed E-state index contributed by atoms with van der Waals surface area (Å²) in [6.45, 7) is 2.65. The van der Waals surface area contributed by atoms with Crippen molar-refractivity contribution in [2.75, 3.05) is 0 Å². The number of pyridine rings is 1. The highest BCUT2D eigenvalue weighted by Crippen LogP contribution is 2.55. The molecule has 0 saturated heterocycles. The van der Waals surface area contributed by atoms with Crippen LogP contribution in [0.5, 0.6) is 0 Å². The normalized spacial score (nSPS) is 34.6. The minimum Gasteiger partial charge on any atom is -0.345 e. The van der Waals surface area contributed by atoms with E-state index in [9.17, 15) is 4.79 Å². The smallest absolute Gasteiger partial charge is 0.286 e. The molecule has 0 aliphatic heterocycles. The zero-order valence-corrected chi connectivity index (χ0v) is 14.3. The third-order valence-corrected chi connectivity index (χ3v) is 6.27. The molecule has 23 heavy (non-hydrogen) atoms. The first kappa shape index (κ1) is 15.2. The van der Waals surface area contributed by atoms with E-state index in [1.54, 1.807) is 0 Å². The van der Waals surface area contributed by atoms with Crippen LogP contribution in [0, 0.1) is 17.8 Å². The van der Waals surface area contributed by atoms with E-state index >= 15 is 0 Å². The summed E-state index contributed by atoms with van der Waals surface area (Å²) in [5.74, 6) is 2.83. The maximum Gasteiger partial charge on any atom is 0.286 e. The van der Waals surface area contributed by atoms with Gasteiger partial charge in [0.15, 0.2) is 12.4 Å². The van der Waals surface area contributed by atoms with Gasteiger partial charge < -0.3 is 5.32 Å². The van der Waals surface area contributed by atoms with Gasteiger partial charge in [0.25, 0.3) is 5.91 Å². The number of aromatic nitrogens is 1. The standard InChI is InChI=1S/C20H28N2O/c1-2-3-15-4-6-22(7-5-15)14-19(23)21-20-11-16-8-17(12-20)10-18(9-16)13-20/h4-7,16-18H,2-3,8-14H2,1H3/p+1. The van der Waals surface area contributed by atoms with Gasteiger partial charge in [-0.1, -0.05) is 13.3 Å². The largest absolute Gasteiger partial charge is 0.345 e. The molecule has 0 spiro atoms. The molecular weight excluding hydrogens is 284 g/mol. The molecule has 0 unspecified atom stereocenters. The van der Waals surface area contributed by atoms with Gasteiger partial charge >= 0.3 is 0 Å². The van der Waals surface area contributed by atoms with Crippen molar-refractivity contribution in [1.29, 1.82) is 0 Å². The first-order chi connectivity index (χ1) is 11.1. The van der Waals surface area contributed by atoms with Crippen LogP contribution in [-0.4, -0.2) is 11.4 Å². The summed E-state index contributed by atoms with van der Waals surface area (Å²) < 4.78 is 2.01. The third-order valence-electron chi connectivity index (χ3n) is 6.27. The number of carbonyl (C=O) groups excluding carboxylic acids is 1. The highest BCUT2D eigenvalue weighted by atomic mass is 16.2. The van der Waals surface area contributed by atoms with Crippen LogP contribution in [0.2, 0.25) is 0 Å². The molecule has 124 valence electrons. The van der Waals surface area contributed by atoms with Gasteiger partial charge in [-0.15, -0.1) is 0 Å². The van der Waals surface area contributed by atoms with Crippen LogP contribution >= 0.6 is 0 Å². The minimum absolute atomic E-state index is 0.133. The third kappa shape index (κ3) is 3.15. The van der Waals surface area contributed by atoms with Crippen LogP contribution in [0.3, 0.4) is 0 Å². The summed E-state index contributed by atoms with van der Waals surface area (Å²) in [5, 5.41) is 3.45. The Bertz CT molecular complexity index is 543. The predicted molar refractivity (Wildman–Crippen MR) is 89.7 cm³/mol. The van der Waals surface area contributed by atoms with Crippen LogP contribution in [0.1, 0.15) is 57.4 Å². The first-order valence-corrected chi connectivity index (χ1v) is 9.43. The SMILES string of the molecule is CCCc1cc[n+](CC(=O)NC23CC4CC(CC(C4)C2)C3)cc1. The highest BCUT2D eigenvalue weighted by molar-refractivity contribution is 5.75. The van der Waals surface area contributed by atoms with Crippen LogP contribution in [-0.2, 0) is 17.8 Å². The zero-order chi connectivity index (χ0) is 15.9. The fourth-order valence-electron chi connectivity index (χ4n) is 5.81. The van der Waals surface area contributed by atoms with E-state index in [4.69, 9.17) is 0 Å². The average molecular weight is 313 g/mol. The Morgan fingerprint density at radius 2 is 1.70 bits per heavy atom. The van der Waals surface area contributed by atoms with Gasteiger partial charge in [0.2, 0.25) is 6.54 Å². The molecule has 1 heterocycles. The van der Waals surface area contributed by atoms with Crippen molar-refractivity contribution >= 4 is 5.91 Å². The molecule has 4 aliphatic rings. The Morgan fingerprint density at radius 1 is 1.13 bits per heavy atom. The molecular formula is C20H29N2O+. The zero-order valence-electron chi connectivity index (χ0n) is 14.3. The van der Waals surface area contributed by atoms with E-state index in [0.29, 0.717) is 6.54 Å². The lowest BCUT2D eigenvalue weighted by molar-refractivity contribution is -0.684. The van der Waals surface area contributed by atoms with E-state index in [1.165, 1.54) is 44.1 Å². The van der Waals surface area contributed by atoms with Crippen molar-refractivity contribution < 1.29 is 9.36 Å². The second-order valence-corrected chi connectivity index (χ2v) is 8.37. The van der Waals surface area contributed by atoms with Gasteiger partial charge in [-0.3, -0.25) is 4.79 Å². The minimum atomic E-state index is 0.133. The van der Waals surface area contributed by atoms with Crippen LogP contribution < -0.4 is 9.88 Å². The second kappa shape index (κ2) is 5.92. The van der Waals surface area contributed by atoms with Crippen LogP contribution in [0.25, 0.3) is 0 Å². The van der Waals surface area contributed by atoms with Crippen molar-refractivity contribution in [1.82, 2.24) is 5.32 Å². The summed E-state index contributed by atoms with van der Waals surface area (Å²) in [6.07, 6.45) is 14.3. The molecule has 1 aromatic heterocycles. The van der Waals surface area contributed by atoms with Gasteiger partial charge in [-0.25, -0.2) is 0 Å². The molecule has 0 aromatic carbocycles. The maximum absolute atomic E-state index is 12.6. The van der Waals surface area contributed by atoms with Crippen molar-refractivity contribution in [3.63, 3.8) is 0 Å². The Labute approximate surface area is 139 Å². The number of amides is 1. The molecule has 4 bridgehead atoms. The Hall–Kier alpha value is -1.38. The fourth-order valence-corrected chi connectivity index (χ4v) is 5.81. The Morgan fingerprint density at radius 3 is 2.22 bits per heavy atom. The number of nitrogens with zero attached hydrogens (tertiary/aromatic N) is 1. The van der Waals surface area contributed by atoms with E-state index < -0.39 is 0 Å². The van der Waals surface area contributed by atoms with E-state index in [2.05, 4.69) is 24.4 Å². The summed E-state index contributed by atoms with van der Waals surface area (Å²) in [7, 11) is 0. The summed E-state index contributed by atoms with van der Waals surface area (Å²) in [6, 6.07) is 4.28. The molecule has 5 rings (SSSR count). The van der Waals surface area contributed by atoms with Gasteiger partial charge in [0.1, 0.15) is 0 Å². The molecule has 1 amide bonds. The van der Waals surface area contributed by atoms with Gasteiger partial charge in [-0.2, -0.15) is 4.57 Å². The number of nitrogens with one attached hydrogen (secondary N) is 1. The Kier molecular flexibility index (Phi) is 3.90. The number of aryl methyl sites for hydroxylation is 1. The molecule has 1 aromatic rings. The van der Waals surface area contributed by atoms with E-state index in [1.807, 2.05) is 17.0 Å². The lowest BCUT2D eigenvalue weighted by atomic mass is 9.53. The second-order valence-electron chi connectivity index (χ2n) is 8.37. The van der Waals surface area contributed by atoms with Crippen molar-refractivity contribution in [2.24, 2.45) is 17.8 Å². The molecule has 1 N–H and O–H groups in total. The maximum atomic E-state index is 12.6. The topological polar surface area (TPSA) is 33.0 Å². The highest BCUT2D eigenvalue weighted by Gasteiger charge is 2.51. The summed E-state index contributed by atoms with van der Waals surface area (Å²) >= 11 is 0. The van der Waals surface area contributed by atoms with Crippen molar-refractivity contribution in [3.8, 4) is 0 Å². The average Bonchev–Trinajstić information content (AvgIpc) is 2.47. The monoisotopic (exact) mass is 313 g/mol. The number of hydrogen-bond acceptors (Lipinski definition) is 1. The molecule has 4 fully saturated rings. The van der Waals surface area contributed by atoms with Crippen molar-refractivity contribution in [3.05, 3.63) is 30.1 Å². The molecule has 4 aliphatic carbocycles. The van der Waals surface area contributed by atoms with Crippen molar-refractivity contribution in [2.45, 2.75) is 70.4 Å². The van der Waals surface area contributed by atoms with E-state index in [0.717, 1.165) is 30.6 Å². The predicted octanol–water partition coefficient (Wildman–Crippen LogP) is 3.01. The summed E-state index contributed by atoms with van der Waals surface area (Å²) in [4.78, 5) is 12.6. The summed E-state index contributed by atoms with van der Waals surface area (Å²) in [5.41, 5.74) is 1.49. The lowest BCUT2D eigenvalue weighted by Crippen LogP contribution is -2.61. The van der Waals surface area contributed by atoms with Crippen LogP contribution in [0.4, 0.5) is 0 Å². The fraction of sp³-hybridized carbons (Fsp3) is 0.700.